The van der Waals surface area contributed by atoms with Gasteiger partial charge < -0.3 is 33.8 Å². The highest BCUT2D eigenvalue weighted by atomic mass is 31.2. The topological polar surface area (TPSA) is 237 Å². The Balaban J connectivity index is 5.22. The van der Waals surface area contributed by atoms with Crippen molar-refractivity contribution in [1.82, 2.24) is 0 Å². The number of phosphoric acid groups is 2. The molecule has 644 valence electrons. The number of aliphatic hydroxyl groups excluding tert-OH is 1. The van der Waals surface area contributed by atoms with Crippen LogP contribution in [-0.4, -0.2) is 96.7 Å². The number of hydrogen-bond acceptors (Lipinski definition) is 15. The van der Waals surface area contributed by atoms with Crippen molar-refractivity contribution >= 4 is 39.5 Å². The third-order valence-electron chi connectivity index (χ3n) is 21.6. The van der Waals surface area contributed by atoms with E-state index in [0.717, 1.165) is 133 Å². The van der Waals surface area contributed by atoms with Gasteiger partial charge in [-0.15, -0.1) is 0 Å². The van der Waals surface area contributed by atoms with Gasteiger partial charge in [-0.25, -0.2) is 9.13 Å². The van der Waals surface area contributed by atoms with Gasteiger partial charge in [-0.2, -0.15) is 0 Å². The van der Waals surface area contributed by atoms with Gasteiger partial charge in [0, 0.05) is 25.7 Å². The molecule has 0 saturated carbocycles. The van der Waals surface area contributed by atoms with Crippen LogP contribution >= 0.6 is 15.6 Å². The summed E-state index contributed by atoms with van der Waals surface area (Å²) in [6, 6.07) is 0. The maximum Gasteiger partial charge on any atom is 0.472 e. The molecule has 19 heteroatoms. The minimum absolute atomic E-state index is 0.101. The van der Waals surface area contributed by atoms with Crippen molar-refractivity contribution in [3.63, 3.8) is 0 Å². The Morgan fingerprint density at radius 3 is 0.771 bits per heavy atom. The van der Waals surface area contributed by atoms with Crippen molar-refractivity contribution in [3.05, 3.63) is 24.3 Å². The Bertz CT molecular complexity index is 2200. The highest BCUT2D eigenvalue weighted by Crippen LogP contribution is 2.45. The lowest BCUT2D eigenvalue weighted by molar-refractivity contribution is -0.161. The van der Waals surface area contributed by atoms with Crippen LogP contribution in [0.3, 0.4) is 0 Å². The number of esters is 4. The van der Waals surface area contributed by atoms with Crippen molar-refractivity contribution < 1.29 is 80.2 Å². The van der Waals surface area contributed by atoms with E-state index in [1.807, 2.05) is 0 Å². The number of ether oxygens (including phenoxy) is 4. The van der Waals surface area contributed by atoms with E-state index in [1.54, 1.807) is 0 Å². The summed E-state index contributed by atoms with van der Waals surface area (Å²) >= 11 is 0. The Morgan fingerprint density at radius 2 is 0.514 bits per heavy atom. The second-order valence-corrected chi connectivity index (χ2v) is 35.3. The van der Waals surface area contributed by atoms with E-state index < -0.39 is 97.5 Å². The average Bonchev–Trinajstić information content (AvgIpc) is 0.899. The molecule has 109 heavy (non-hydrogen) atoms. The number of allylic oxidation sites excluding steroid dienone is 4. The van der Waals surface area contributed by atoms with Crippen LogP contribution < -0.4 is 0 Å². The van der Waals surface area contributed by atoms with E-state index in [4.69, 9.17) is 37.0 Å². The first kappa shape index (κ1) is 107. The predicted molar refractivity (Wildman–Crippen MR) is 450 cm³/mol. The molecule has 0 saturated heterocycles. The first-order valence-corrected chi connectivity index (χ1v) is 48.8. The molecule has 3 N–H and O–H groups in total. The fourth-order valence-corrected chi connectivity index (χ4v) is 15.0. The highest BCUT2D eigenvalue weighted by Gasteiger charge is 2.31. The zero-order valence-corrected chi connectivity index (χ0v) is 73.3. The van der Waals surface area contributed by atoms with E-state index >= 15 is 0 Å². The summed E-state index contributed by atoms with van der Waals surface area (Å²) in [5.74, 6) is 0.336. The first-order chi connectivity index (χ1) is 52.8. The molecule has 0 aliphatic rings. The molecule has 0 spiro atoms. The lowest BCUT2D eigenvalue weighted by Crippen LogP contribution is -2.30. The number of phosphoric ester groups is 2. The molecule has 0 aliphatic carbocycles. The second-order valence-electron chi connectivity index (χ2n) is 32.4. The normalized spacial score (nSPS) is 14.7. The summed E-state index contributed by atoms with van der Waals surface area (Å²) < 4.78 is 68.9. The first-order valence-electron chi connectivity index (χ1n) is 45.8. The van der Waals surface area contributed by atoms with Crippen LogP contribution in [0, 0.1) is 17.8 Å². The Morgan fingerprint density at radius 1 is 0.294 bits per heavy atom. The number of hydrogen-bond donors (Lipinski definition) is 3. The van der Waals surface area contributed by atoms with Gasteiger partial charge in [-0.3, -0.25) is 37.3 Å². The maximum absolute atomic E-state index is 13.2. The van der Waals surface area contributed by atoms with Crippen molar-refractivity contribution in [2.75, 3.05) is 39.6 Å². The zero-order chi connectivity index (χ0) is 80.0. The van der Waals surface area contributed by atoms with Gasteiger partial charge in [0.05, 0.1) is 26.4 Å². The van der Waals surface area contributed by atoms with E-state index in [-0.39, 0.29) is 25.7 Å². The lowest BCUT2D eigenvalue weighted by Gasteiger charge is -2.21. The lowest BCUT2D eigenvalue weighted by atomic mass is 9.99. The Kier molecular flexibility index (Phi) is 77.6. The van der Waals surface area contributed by atoms with Crippen LogP contribution in [0.4, 0.5) is 0 Å². The van der Waals surface area contributed by atoms with Gasteiger partial charge >= 0.3 is 39.5 Å². The molecule has 17 nitrogen and oxygen atoms in total. The molecule has 0 aromatic carbocycles. The van der Waals surface area contributed by atoms with Gasteiger partial charge in [-0.1, -0.05) is 400 Å². The molecule has 5 unspecified atom stereocenters. The van der Waals surface area contributed by atoms with Gasteiger partial charge in [-0.05, 0) is 69.1 Å². The Labute approximate surface area is 669 Å². The monoisotopic (exact) mass is 1590 g/mol. The smallest absolute Gasteiger partial charge is 0.462 e. The molecule has 0 aliphatic heterocycles. The summed E-state index contributed by atoms with van der Waals surface area (Å²) in [5.41, 5.74) is 0. The standard InChI is InChI=1S/C90H172O17P2/c1-8-12-13-14-15-16-17-18-27-34-39-44-49-57-64-71-87(92)100-77-85(106-89(94)73-66-59-50-45-40-35-30-25-21-19-23-28-32-37-42-47-54-61-68-81(5)9-2)79-104-108(96,97)102-75-84(91)76-103-109(98,99)105-80-86(78-101-88(93)72-65-58-53-52-56-63-70-83(7)11-4)107-90(95)74-67-60-51-46-41-36-31-26-22-20-24-29-33-38-43-48-55-62-69-82(6)10-3/h16-18,27,81-86,91H,8-15,19-26,28-80H2,1-7H3,(H,96,97)(H,98,99)/b17-16-,27-18-/t81?,82?,83?,84-,85-,86-/m1/s1. The number of carbonyl (C=O) groups excluding carboxylic acids is 4. The van der Waals surface area contributed by atoms with Crippen molar-refractivity contribution in [3.8, 4) is 0 Å². The predicted octanol–water partition coefficient (Wildman–Crippen LogP) is 27.2. The van der Waals surface area contributed by atoms with Gasteiger partial charge in [0.2, 0.25) is 0 Å². The van der Waals surface area contributed by atoms with E-state index in [2.05, 4.69) is 72.8 Å². The minimum atomic E-state index is -4.98. The van der Waals surface area contributed by atoms with E-state index in [0.29, 0.717) is 25.7 Å². The summed E-state index contributed by atoms with van der Waals surface area (Å²) in [4.78, 5) is 73.3. The summed E-state index contributed by atoms with van der Waals surface area (Å²) in [7, 11) is -9.95. The Hall–Kier alpha value is -2.46. The third kappa shape index (κ3) is 79.2. The molecule has 0 aromatic heterocycles. The summed E-state index contributed by atoms with van der Waals surface area (Å²) in [6.07, 6.45) is 74.5. The number of aliphatic hydroxyl groups is 1. The summed E-state index contributed by atoms with van der Waals surface area (Å²) in [6.45, 7) is 12.0. The molecule has 0 fully saturated rings. The number of unbranched alkanes of at least 4 members (excludes halogenated alkanes) is 48. The van der Waals surface area contributed by atoms with Crippen LogP contribution in [0.1, 0.15) is 453 Å². The van der Waals surface area contributed by atoms with Crippen LogP contribution in [0.5, 0.6) is 0 Å². The van der Waals surface area contributed by atoms with E-state index in [9.17, 15) is 43.2 Å². The molecule has 0 aromatic rings. The number of rotatable bonds is 86. The van der Waals surface area contributed by atoms with E-state index in [1.165, 1.54) is 238 Å². The molecular formula is C90H172O17P2. The fraction of sp³-hybridized carbons (Fsp3) is 0.911. The molecular weight excluding hydrogens is 1410 g/mol. The number of carbonyl (C=O) groups is 4. The van der Waals surface area contributed by atoms with Crippen molar-refractivity contribution in [2.45, 2.75) is 471 Å². The quantitative estimate of drug-likeness (QED) is 0.0169. The SMILES string of the molecule is CCCCCC/C=C\C=C/CCCCCCCC(=O)OC[C@H](COP(=O)(O)OC[C@@H](O)COP(=O)(O)OC[C@@H](COC(=O)CCCCCCCCC(C)CC)OC(=O)CCCCCCCCCCCCCCCCCCCCC(C)CC)OC(=O)CCCCCCCCCCCCCCCCCCCCC(C)CC. The largest absolute Gasteiger partial charge is 0.472 e. The highest BCUT2D eigenvalue weighted by molar-refractivity contribution is 7.47. The molecule has 0 bridgehead atoms. The summed E-state index contributed by atoms with van der Waals surface area (Å²) in [5, 5.41) is 10.7. The maximum atomic E-state index is 13.2. The fourth-order valence-electron chi connectivity index (χ4n) is 13.4. The molecule has 0 rings (SSSR count). The molecule has 0 radical (unpaired) electrons. The van der Waals surface area contributed by atoms with Gasteiger partial charge in [0.1, 0.15) is 19.3 Å². The second kappa shape index (κ2) is 79.4. The van der Waals surface area contributed by atoms with Gasteiger partial charge in [0.25, 0.3) is 0 Å². The van der Waals surface area contributed by atoms with Crippen LogP contribution in [0.15, 0.2) is 24.3 Å². The van der Waals surface area contributed by atoms with Crippen molar-refractivity contribution in [2.24, 2.45) is 17.8 Å². The van der Waals surface area contributed by atoms with Crippen LogP contribution in [-0.2, 0) is 65.4 Å². The van der Waals surface area contributed by atoms with Crippen LogP contribution in [0.25, 0.3) is 0 Å². The van der Waals surface area contributed by atoms with Crippen molar-refractivity contribution in [1.29, 1.82) is 0 Å². The minimum Gasteiger partial charge on any atom is -0.462 e. The third-order valence-corrected chi connectivity index (χ3v) is 23.5. The van der Waals surface area contributed by atoms with Crippen LogP contribution in [0.2, 0.25) is 0 Å². The molecule has 8 atom stereocenters. The molecule has 0 heterocycles. The average molecular weight is 1590 g/mol. The van der Waals surface area contributed by atoms with Gasteiger partial charge in [0.15, 0.2) is 12.2 Å². The zero-order valence-electron chi connectivity index (χ0n) is 71.5. The molecule has 0 amide bonds.